The van der Waals surface area contributed by atoms with E-state index in [2.05, 4.69) is 26.2 Å². The number of Topliss-reactive ketones (excluding diaryl/α,β-unsaturated/α-hetero) is 1. The number of hydrogen-bond acceptors (Lipinski definition) is 7. The number of aromatic nitrogens is 1. The largest absolute Gasteiger partial charge is 0.353 e. The summed E-state index contributed by atoms with van der Waals surface area (Å²) in [4.78, 5) is 79.2. The number of likely N-dealkylation sites (N-methyl/N-ethyl adjacent to an activating group) is 1. The highest BCUT2D eigenvalue weighted by Crippen LogP contribution is 2.36. The number of anilines is 1. The van der Waals surface area contributed by atoms with Crippen molar-refractivity contribution in [2.24, 2.45) is 17.8 Å². The predicted molar refractivity (Wildman–Crippen MR) is 167 cm³/mol. The molecular formula is C33H42N6O6. The third-order valence-electron chi connectivity index (χ3n) is 9.39. The van der Waals surface area contributed by atoms with E-state index in [1.54, 1.807) is 6.07 Å². The zero-order valence-electron chi connectivity index (χ0n) is 25.8. The lowest BCUT2D eigenvalue weighted by molar-refractivity contribution is -0.138. The lowest BCUT2D eigenvalue weighted by atomic mass is 9.76. The molecule has 2 aliphatic carbocycles. The van der Waals surface area contributed by atoms with Crippen LogP contribution in [0.5, 0.6) is 0 Å². The summed E-state index contributed by atoms with van der Waals surface area (Å²) in [6, 6.07) is 9.56. The van der Waals surface area contributed by atoms with Crippen molar-refractivity contribution in [1.29, 1.82) is 0 Å². The first-order chi connectivity index (χ1) is 21.6. The van der Waals surface area contributed by atoms with Crippen molar-refractivity contribution < 1.29 is 24.0 Å². The minimum absolute atomic E-state index is 0.0645. The maximum Gasteiger partial charge on any atom is 0.287 e. The summed E-state index contributed by atoms with van der Waals surface area (Å²) in [6.07, 6.45) is 6.58. The van der Waals surface area contributed by atoms with Crippen molar-refractivity contribution in [3.8, 4) is 0 Å². The highest BCUT2D eigenvalue weighted by Gasteiger charge is 2.37. The van der Waals surface area contributed by atoms with E-state index in [9.17, 15) is 28.8 Å². The first-order valence-corrected chi connectivity index (χ1v) is 15.7. The Kier molecular flexibility index (Phi) is 10.1. The van der Waals surface area contributed by atoms with Crippen LogP contribution < -0.4 is 26.8 Å². The zero-order chi connectivity index (χ0) is 32.1. The van der Waals surface area contributed by atoms with Crippen molar-refractivity contribution in [3.05, 3.63) is 64.1 Å². The molecule has 4 atom stereocenters. The molecule has 5 rings (SSSR count). The SMILES string of the molecule is CNC(=O)C(=O)CC[C@H](NC(=O)C1Cc2ccccc2C1)C(=O)Nc1cccn(CC(=O)NC2C3CCCC(C3)CN2C)c1=O. The van der Waals surface area contributed by atoms with Crippen molar-refractivity contribution in [2.45, 2.75) is 70.1 Å². The van der Waals surface area contributed by atoms with Crippen molar-refractivity contribution in [2.75, 3.05) is 26.0 Å². The molecule has 12 heteroatoms. The lowest BCUT2D eigenvalue weighted by Gasteiger charge is -2.46. The van der Waals surface area contributed by atoms with Crippen LogP contribution in [-0.4, -0.2) is 71.7 Å². The smallest absolute Gasteiger partial charge is 0.287 e. The molecule has 3 unspecified atom stereocenters. The topological polar surface area (TPSA) is 159 Å². The third-order valence-corrected chi connectivity index (χ3v) is 9.39. The van der Waals surface area contributed by atoms with Crippen LogP contribution in [0.1, 0.15) is 49.7 Å². The van der Waals surface area contributed by atoms with Crippen molar-refractivity contribution in [3.63, 3.8) is 0 Å². The molecule has 45 heavy (non-hydrogen) atoms. The van der Waals surface area contributed by atoms with Gasteiger partial charge in [0.1, 0.15) is 18.3 Å². The molecule has 2 heterocycles. The Balaban J connectivity index is 1.24. The summed E-state index contributed by atoms with van der Waals surface area (Å²) < 4.78 is 1.23. The van der Waals surface area contributed by atoms with Crippen molar-refractivity contribution in [1.82, 2.24) is 25.4 Å². The number of nitrogens with zero attached hydrogens (tertiary/aromatic N) is 2. The predicted octanol–water partition coefficient (Wildman–Crippen LogP) is 0.976. The van der Waals surface area contributed by atoms with E-state index in [0.717, 1.165) is 36.9 Å². The number of carbonyl (C=O) groups excluding carboxylic acids is 5. The number of fused-ring (bicyclic) bond motifs is 3. The number of carbonyl (C=O) groups is 5. The van der Waals surface area contributed by atoms with Gasteiger partial charge in [-0.2, -0.15) is 0 Å². The Hall–Kier alpha value is -4.32. The van der Waals surface area contributed by atoms with Gasteiger partial charge in [0.2, 0.25) is 23.5 Å². The molecule has 2 aromatic rings. The highest BCUT2D eigenvalue weighted by molar-refractivity contribution is 6.36. The standard InChI is InChI=1S/C33H42N6O6/c1-34-32(44)27(40)13-12-25(35-30(42)24-16-21-8-3-4-9-22(21)17-24)31(43)36-26-11-6-14-39(33(26)45)19-28(41)37-29-23-10-5-7-20(15-23)18-38(29)2/h3-4,6,8-9,11,14,20,23-25,29H,5,7,10,12-13,15-19H2,1-2H3,(H,34,44)(H,35,42)(H,36,43)(H,37,41)/t20?,23?,25-,29?/m0/s1. The fourth-order valence-corrected chi connectivity index (χ4v) is 7.07. The van der Waals surface area contributed by atoms with E-state index in [4.69, 9.17) is 0 Å². The summed E-state index contributed by atoms with van der Waals surface area (Å²) in [5, 5.41) is 10.7. The van der Waals surface area contributed by atoms with Crippen LogP contribution in [-0.2, 0) is 43.4 Å². The number of pyridine rings is 1. The molecule has 12 nitrogen and oxygen atoms in total. The number of nitrogens with one attached hydrogen (secondary N) is 4. The average Bonchev–Trinajstić information content (AvgIpc) is 3.47. The second-order valence-electron chi connectivity index (χ2n) is 12.6. The molecule has 240 valence electrons. The van der Waals surface area contributed by atoms with E-state index in [-0.39, 0.29) is 49.0 Å². The van der Waals surface area contributed by atoms with Gasteiger partial charge in [-0.1, -0.05) is 30.7 Å². The Bertz CT molecular complexity index is 1490. The van der Waals surface area contributed by atoms with Crippen LogP contribution >= 0.6 is 0 Å². The molecule has 2 bridgehead atoms. The molecule has 2 fully saturated rings. The summed E-state index contributed by atoms with van der Waals surface area (Å²) in [5.41, 5.74) is 1.50. The number of hydrogen-bond donors (Lipinski definition) is 4. The monoisotopic (exact) mass is 618 g/mol. The first kappa shape index (κ1) is 32.1. The van der Waals surface area contributed by atoms with Gasteiger partial charge < -0.3 is 25.8 Å². The van der Waals surface area contributed by atoms with Gasteiger partial charge in [0.05, 0.1) is 6.17 Å². The van der Waals surface area contributed by atoms with Gasteiger partial charge in [-0.05, 0) is 80.7 Å². The molecular weight excluding hydrogens is 576 g/mol. The van der Waals surface area contributed by atoms with Crippen LogP contribution in [0, 0.1) is 17.8 Å². The number of piperidine rings is 1. The number of benzene rings is 1. The maximum absolute atomic E-state index is 13.4. The van der Waals surface area contributed by atoms with E-state index >= 15 is 0 Å². The summed E-state index contributed by atoms with van der Waals surface area (Å²) >= 11 is 0. The average molecular weight is 619 g/mol. The van der Waals surface area contributed by atoms with Crippen LogP contribution in [0.25, 0.3) is 0 Å². The Morgan fingerprint density at radius 3 is 2.44 bits per heavy atom. The van der Waals surface area contributed by atoms with Gasteiger partial charge in [-0.25, -0.2) is 0 Å². The second-order valence-corrected chi connectivity index (χ2v) is 12.6. The van der Waals surface area contributed by atoms with E-state index in [1.807, 2.05) is 31.3 Å². The van der Waals surface area contributed by atoms with Crippen LogP contribution in [0.3, 0.4) is 0 Å². The van der Waals surface area contributed by atoms with Crippen LogP contribution in [0.4, 0.5) is 5.69 Å². The minimum atomic E-state index is -1.17. The second kappa shape index (κ2) is 14.2. The molecule has 1 aliphatic heterocycles. The molecule has 1 aromatic heterocycles. The van der Waals surface area contributed by atoms with Gasteiger partial charge in [-0.3, -0.25) is 33.7 Å². The number of rotatable bonds is 11. The number of ketones is 1. The van der Waals surface area contributed by atoms with Crippen molar-refractivity contribution >= 4 is 35.1 Å². The lowest BCUT2D eigenvalue weighted by Crippen LogP contribution is -2.57. The molecule has 1 saturated carbocycles. The summed E-state index contributed by atoms with van der Waals surface area (Å²) in [5.74, 6) is -2.20. The molecule has 1 saturated heterocycles. The normalized spacial score (nSPS) is 21.7. The fraction of sp³-hybridized carbons (Fsp3) is 0.515. The Labute approximate surface area is 262 Å². The Morgan fingerprint density at radius 2 is 1.73 bits per heavy atom. The molecule has 0 radical (unpaired) electrons. The number of amides is 4. The Morgan fingerprint density at radius 1 is 1.00 bits per heavy atom. The van der Waals surface area contributed by atoms with E-state index < -0.39 is 29.2 Å². The summed E-state index contributed by atoms with van der Waals surface area (Å²) in [6.45, 7) is 0.717. The zero-order valence-corrected chi connectivity index (χ0v) is 25.8. The van der Waals surface area contributed by atoms with E-state index in [0.29, 0.717) is 24.7 Å². The van der Waals surface area contributed by atoms with Crippen LogP contribution in [0.2, 0.25) is 0 Å². The first-order valence-electron chi connectivity index (χ1n) is 15.7. The van der Waals surface area contributed by atoms with Gasteiger partial charge >= 0.3 is 0 Å². The van der Waals surface area contributed by atoms with E-state index in [1.165, 1.54) is 30.3 Å². The van der Waals surface area contributed by atoms with Gasteiger partial charge in [0, 0.05) is 32.1 Å². The summed E-state index contributed by atoms with van der Waals surface area (Å²) in [7, 11) is 3.35. The minimum Gasteiger partial charge on any atom is -0.353 e. The quantitative estimate of drug-likeness (QED) is 0.273. The maximum atomic E-state index is 13.4. The van der Waals surface area contributed by atoms with Gasteiger partial charge in [0.15, 0.2) is 0 Å². The third kappa shape index (κ3) is 7.67. The van der Waals surface area contributed by atoms with Crippen LogP contribution in [0.15, 0.2) is 47.4 Å². The fourth-order valence-electron chi connectivity index (χ4n) is 7.07. The molecule has 4 amide bonds. The molecule has 4 N–H and O–H groups in total. The molecule has 1 aromatic carbocycles. The number of likely N-dealkylation sites (tertiary alicyclic amines) is 1. The van der Waals surface area contributed by atoms with Gasteiger partial charge in [0.25, 0.3) is 11.5 Å². The molecule has 0 spiro atoms. The molecule has 3 aliphatic rings. The highest BCUT2D eigenvalue weighted by atomic mass is 16.2. The van der Waals surface area contributed by atoms with Gasteiger partial charge in [-0.15, -0.1) is 0 Å².